The van der Waals surface area contributed by atoms with Crippen LogP contribution in [0.5, 0.6) is 0 Å². The summed E-state index contributed by atoms with van der Waals surface area (Å²) in [6.45, 7) is 1.34. The summed E-state index contributed by atoms with van der Waals surface area (Å²) in [6, 6.07) is 18.7. The van der Waals surface area contributed by atoms with Crippen LogP contribution in [-0.2, 0) is 11.3 Å². The molecule has 0 radical (unpaired) electrons. The lowest BCUT2D eigenvalue weighted by molar-refractivity contribution is -0.126. The highest BCUT2D eigenvalue weighted by Gasteiger charge is 2.27. The lowest BCUT2D eigenvalue weighted by Gasteiger charge is -2.31. The third-order valence-corrected chi connectivity index (χ3v) is 5.08. The Balaban J connectivity index is 1.26. The molecule has 1 aromatic heterocycles. The van der Waals surface area contributed by atoms with Gasteiger partial charge in [-0.15, -0.1) is 10.2 Å². The van der Waals surface area contributed by atoms with Crippen LogP contribution in [0.1, 0.15) is 29.1 Å². The van der Waals surface area contributed by atoms with Crippen molar-refractivity contribution in [2.24, 2.45) is 5.92 Å². The van der Waals surface area contributed by atoms with Gasteiger partial charge < -0.3 is 14.6 Å². The average molecular weight is 390 g/mol. The van der Waals surface area contributed by atoms with Crippen LogP contribution in [0, 0.1) is 5.92 Å². The van der Waals surface area contributed by atoms with Crippen LogP contribution < -0.4 is 5.32 Å². The number of hydrogen-bond acceptors (Lipinski definition) is 5. The fourth-order valence-electron chi connectivity index (χ4n) is 3.44. The number of aromatic nitrogens is 2. The van der Waals surface area contributed by atoms with E-state index in [1.807, 2.05) is 65.6 Å². The topological polar surface area (TPSA) is 88.3 Å². The van der Waals surface area contributed by atoms with Gasteiger partial charge in [-0.1, -0.05) is 36.4 Å². The number of nitrogens with zero attached hydrogens (tertiary/aromatic N) is 3. The monoisotopic (exact) mass is 390 g/mol. The molecule has 3 aromatic rings. The first-order chi connectivity index (χ1) is 14.2. The Kier molecular flexibility index (Phi) is 5.65. The van der Waals surface area contributed by atoms with E-state index in [-0.39, 0.29) is 24.3 Å². The fourth-order valence-corrected chi connectivity index (χ4v) is 3.44. The Hall–Kier alpha value is -3.48. The van der Waals surface area contributed by atoms with Crippen LogP contribution in [0.3, 0.4) is 0 Å². The standard InChI is InChI=1S/C22H22N4O3/c27-20(23-15-19-24-25-21(29-19)17-7-3-1-4-8-17)16-11-13-26(14-12-16)22(28)18-9-5-2-6-10-18/h1-10,16H,11-15H2,(H,23,27). The lowest BCUT2D eigenvalue weighted by Crippen LogP contribution is -2.42. The summed E-state index contributed by atoms with van der Waals surface area (Å²) in [5.74, 6) is 0.655. The molecule has 0 aliphatic carbocycles. The summed E-state index contributed by atoms with van der Waals surface area (Å²) in [6.07, 6.45) is 1.28. The molecule has 0 atom stereocenters. The van der Waals surface area contributed by atoms with Gasteiger partial charge in [-0.25, -0.2) is 0 Å². The maximum atomic E-state index is 12.5. The quantitative estimate of drug-likeness (QED) is 0.724. The third kappa shape index (κ3) is 4.51. The number of benzene rings is 2. The van der Waals surface area contributed by atoms with E-state index in [1.54, 1.807) is 0 Å². The second-order valence-electron chi connectivity index (χ2n) is 7.02. The number of likely N-dealkylation sites (tertiary alicyclic amines) is 1. The van der Waals surface area contributed by atoms with Gasteiger partial charge in [0.15, 0.2) is 0 Å². The average Bonchev–Trinajstić information content (AvgIpc) is 3.27. The molecule has 0 bridgehead atoms. The molecule has 1 N–H and O–H groups in total. The molecule has 2 amide bonds. The van der Waals surface area contributed by atoms with E-state index in [1.165, 1.54) is 0 Å². The van der Waals surface area contributed by atoms with Gasteiger partial charge in [-0.05, 0) is 37.1 Å². The Labute approximate surface area is 168 Å². The minimum atomic E-state index is -0.119. The van der Waals surface area contributed by atoms with Crippen LogP contribution in [-0.4, -0.2) is 40.0 Å². The van der Waals surface area contributed by atoms with Crippen LogP contribution in [0.15, 0.2) is 65.1 Å². The number of amides is 2. The molecule has 2 heterocycles. The smallest absolute Gasteiger partial charge is 0.253 e. The number of hydrogen-bond donors (Lipinski definition) is 1. The van der Waals surface area contributed by atoms with E-state index in [2.05, 4.69) is 15.5 Å². The number of carbonyl (C=O) groups is 2. The molecule has 1 saturated heterocycles. The van der Waals surface area contributed by atoms with E-state index in [9.17, 15) is 9.59 Å². The summed E-state index contributed by atoms with van der Waals surface area (Å²) < 4.78 is 5.62. The molecule has 7 nitrogen and oxygen atoms in total. The number of carbonyl (C=O) groups excluding carboxylic acids is 2. The number of nitrogens with one attached hydrogen (secondary N) is 1. The van der Waals surface area contributed by atoms with Crippen molar-refractivity contribution in [1.82, 2.24) is 20.4 Å². The molecule has 0 spiro atoms. The Morgan fingerprint density at radius 2 is 1.62 bits per heavy atom. The van der Waals surface area contributed by atoms with E-state index in [0.717, 1.165) is 5.56 Å². The normalized spacial score (nSPS) is 14.6. The minimum absolute atomic E-state index is 0.0174. The first kappa shape index (κ1) is 18.9. The van der Waals surface area contributed by atoms with Gasteiger partial charge in [-0.2, -0.15) is 0 Å². The van der Waals surface area contributed by atoms with Crippen molar-refractivity contribution in [2.45, 2.75) is 19.4 Å². The van der Waals surface area contributed by atoms with Crippen LogP contribution in [0.2, 0.25) is 0 Å². The molecule has 29 heavy (non-hydrogen) atoms. The minimum Gasteiger partial charge on any atom is -0.419 e. The van der Waals surface area contributed by atoms with Crippen molar-refractivity contribution >= 4 is 11.8 Å². The molecular formula is C22H22N4O3. The molecule has 1 aliphatic rings. The highest BCUT2D eigenvalue weighted by atomic mass is 16.4. The summed E-state index contributed by atoms with van der Waals surface area (Å²) >= 11 is 0. The summed E-state index contributed by atoms with van der Waals surface area (Å²) in [5.41, 5.74) is 1.52. The molecule has 4 rings (SSSR count). The van der Waals surface area contributed by atoms with Crippen LogP contribution in [0.25, 0.3) is 11.5 Å². The maximum absolute atomic E-state index is 12.5. The van der Waals surface area contributed by atoms with Crippen molar-refractivity contribution in [3.63, 3.8) is 0 Å². The van der Waals surface area contributed by atoms with Crippen molar-refractivity contribution < 1.29 is 14.0 Å². The first-order valence-corrected chi connectivity index (χ1v) is 9.70. The van der Waals surface area contributed by atoms with E-state index >= 15 is 0 Å². The van der Waals surface area contributed by atoms with E-state index in [4.69, 9.17) is 4.42 Å². The highest BCUT2D eigenvalue weighted by molar-refractivity contribution is 5.94. The van der Waals surface area contributed by atoms with Gasteiger partial charge in [-0.3, -0.25) is 9.59 Å². The van der Waals surface area contributed by atoms with Gasteiger partial charge in [0.2, 0.25) is 17.7 Å². The van der Waals surface area contributed by atoms with Crippen LogP contribution in [0.4, 0.5) is 0 Å². The Bertz CT molecular complexity index is 964. The van der Waals surface area contributed by atoms with Crippen molar-refractivity contribution in [1.29, 1.82) is 0 Å². The fraction of sp³-hybridized carbons (Fsp3) is 0.273. The second kappa shape index (κ2) is 8.68. The Morgan fingerprint density at radius 1 is 0.966 bits per heavy atom. The molecule has 0 saturated carbocycles. The van der Waals surface area contributed by atoms with Gasteiger partial charge in [0.25, 0.3) is 5.91 Å². The van der Waals surface area contributed by atoms with Gasteiger partial charge >= 0.3 is 0 Å². The van der Waals surface area contributed by atoms with Crippen molar-refractivity contribution in [3.8, 4) is 11.5 Å². The number of rotatable bonds is 5. The molecule has 1 aliphatic heterocycles. The van der Waals surface area contributed by atoms with Gasteiger partial charge in [0, 0.05) is 30.1 Å². The molecule has 1 fully saturated rings. The molecule has 7 heteroatoms. The predicted molar refractivity (Wildman–Crippen MR) is 107 cm³/mol. The molecule has 148 valence electrons. The first-order valence-electron chi connectivity index (χ1n) is 9.70. The summed E-state index contributed by atoms with van der Waals surface area (Å²) in [4.78, 5) is 26.8. The lowest BCUT2D eigenvalue weighted by atomic mass is 9.95. The predicted octanol–water partition coefficient (Wildman–Crippen LogP) is 2.91. The highest BCUT2D eigenvalue weighted by Crippen LogP contribution is 2.20. The maximum Gasteiger partial charge on any atom is 0.253 e. The Morgan fingerprint density at radius 3 is 2.31 bits per heavy atom. The van der Waals surface area contributed by atoms with Crippen molar-refractivity contribution in [3.05, 3.63) is 72.1 Å². The van der Waals surface area contributed by atoms with Gasteiger partial charge in [0.05, 0.1) is 6.54 Å². The molecule has 0 unspecified atom stereocenters. The molecule has 2 aromatic carbocycles. The SMILES string of the molecule is O=C(NCc1nnc(-c2ccccc2)o1)C1CCN(C(=O)c2ccccc2)CC1. The summed E-state index contributed by atoms with van der Waals surface area (Å²) in [7, 11) is 0. The zero-order valence-corrected chi connectivity index (χ0v) is 16.0. The van der Waals surface area contributed by atoms with E-state index < -0.39 is 0 Å². The van der Waals surface area contributed by atoms with Crippen molar-refractivity contribution in [2.75, 3.05) is 13.1 Å². The molecular weight excluding hydrogens is 368 g/mol. The number of piperidine rings is 1. The zero-order chi connectivity index (χ0) is 20.1. The third-order valence-electron chi connectivity index (χ3n) is 5.08. The van der Waals surface area contributed by atoms with Gasteiger partial charge in [0.1, 0.15) is 0 Å². The second-order valence-corrected chi connectivity index (χ2v) is 7.02. The van der Waals surface area contributed by atoms with E-state index in [0.29, 0.717) is 43.3 Å². The largest absolute Gasteiger partial charge is 0.419 e. The van der Waals surface area contributed by atoms with Crippen LogP contribution >= 0.6 is 0 Å². The summed E-state index contributed by atoms with van der Waals surface area (Å²) in [5, 5.41) is 10.9. The zero-order valence-electron chi connectivity index (χ0n) is 16.0.